The summed E-state index contributed by atoms with van der Waals surface area (Å²) in [5, 5.41) is 3.33. The lowest BCUT2D eigenvalue weighted by molar-refractivity contribution is -0.297. The Hall–Kier alpha value is -0.120. The van der Waals surface area contributed by atoms with Crippen molar-refractivity contribution in [2.24, 2.45) is 0 Å². The summed E-state index contributed by atoms with van der Waals surface area (Å²) in [6.45, 7) is 4.59. The summed E-state index contributed by atoms with van der Waals surface area (Å²) < 4.78 is 0. The molecule has 0 aromatic carbocycles. The maximum atomic E-state index is 5.00. The first kappa shape index (κ1) is 8.97. The molecule has 0 bridgehead atoms. The van der Waals surface area contributed by atoms with E-state index in [2.05, 4.69) is 12.2 Å². The maximum absolute atomic E-state index is 5.00. The van der Waals surface area contributed by atoms with E-state index in [1.807, 2.05) is 0 Å². The molecule has 0 aromatic heterocycles. The standard InChI is InChI=1S/C8H17NO2/c1-2-6-10-11-7-8-4-3-5-9-8/h8-9H,2-7H2,1H3. The van der Waals surface area contributed by atoms with Gasteiger partial charge in [-0.1, -0.05) is 6.92 Å². The predicted molar refractivity (Wildman–Crippen MR) is 43.2 cm³/mol. The molecule has 1 aliphatic heterocycles. The van der Waals surface area contributed by atoms with E-state index in [0.29, 0.717) is 19.3 Å². The van der Waals surface area contributed by atoms with Crippen molar-refractivity contribution in [1.29, 1.82) is 0 Å². The molecule has 66 valence electrons. The Morgan fingerprint density at radius 3 is 3.00 bits per heavy atom. The fourth-order valence-electron chi connectivity index (χ4n) is 1.17. The fraction of sp³-hybridized carbons (Fsp3) is 1.00. The van der Waals surface area contributed by atoms with Crippen LogP contribution in [0.1, 0.15) is 26.2 Å². The summed E-state index contributed by atoms with van der Waals surface area (Å²) in [5.74, 6) is 0. The Labute approximate surface area is 68.0 Å². The van der Waals surface area contributed by atoms with Crippen molar-refractivity contribution in [3.8, 4) is 0 Å². The van der Waals surface area contributed by atoms with Crippen LogP contribution in [0.15, 0.2) is 0 Å². The summed E-state index contributed by atoms with van der Waals surface area (Å²) in [6, 6.07) is 0.520. The van der Waals surface area contributed by atoms with Gasteiger partial charge in [0.1, 0.15) is 0 Å². The summed E-state index contributed by atoms with van der Waals surface area (Å²) in [5.41, 5.74) is 0. The molecule has 0 spiro atoms. The van der Waals surface area contributed by atoms with Crippen LogP contribution in [0, 0.1) is 0 Å². The first-order valence-corrected chi connectivity index (χ1v) is 4.41. The first-order chi connectivity index (χ1) is 5.43. The van der Waals surface area contributed by atoms with Gasteiger partial charge in [-0.25, -0.2) is 9.78 Å². The zero-order valence-corrected chi connectivity index (χ0v) is 7.14. The smallest absolute Gasteiger partial charge is 0.0975 e. The van der Waals surface area contributed by atoms with Crippen molar-refractivity contribution < 1.29 is 9.78 Å². The second-order valence-corrected chi connectivity index (χ2v) is 2.90. The first-order valence-electron chi connectivity index (χ1n) is 4.41. The second-order valence-electron chi connectivity index (χ2n) is 2.90. The summed E-state index contributed by atoms with van der Waals surface area (Å²) in [7, 11) is 0. The van der Waals surface area contributed by atoms with E-state index >= 15 is 0 Å². The number of hydrogen-bond donors (Lipinski definition) is 1. The molecule has 1 heterocycles. The minimum absolute atomic E-state index is 0.520. The maximum Gasteiger partial charge on any atom is 0.0975 e. The topological polar surface area (TPSA) is 30.5 Å². The van der Waals surface area contributed by atoms with Crippen molar-refractivity contribution in [3.63, 3.8) is 0 Å². The zero-order valence-electron chi connectivity index (χ0n) is 7.14. The van der Waals surface area contributed by atoms with Crippen LogP contribution in [0.25, 0.3) is 0 Å². The highest BCUT2D eigenvalue weighted by atomic mass is 17.2. The molecule has 1 aliphatic rings. The Morgan fingerprint density at radius 2 is 2.36 bits per heavy atom. The highest BCUT2D eigenvalue weighted by molar-refractivity contribution is 4.72. The molecule has 1 atom stereocenters. The van der Waals surface area contributed by atoms with E-state index in [1.54, 1.807) is 0 Å². The van der Waals surface area contributed by atoms with E-state index in [1.165, 1.54) is 12.8 Å². The lowest BCUT2D eigenvalue weighted by Crippen LogP contribution is -2.26. The Balaban J connectivity index is 1.86. The third kappa shape index (κ3) is 3.70. The average Bonchev–Trinajstić information content (AvgIpc) is 2.50. The van der Waals surface area contributed by atoms with Gasteiger partial charge in [0.15, 0.2) is 0 Å². The minimum atomic E-state index is 0.520. The SMILES string of the molecule is CCCOOCC1CCCN1. The molecule has 3 heteroatoms. The largest absolute Gasteiger partial charge is 0.312 e. The van der Waals surface area contributed by atoms with Gasteiger partial charge >= 0.3 is 0 Å². The van der Waals surface area contributed by atoms with E-state index in [-0.39, 0.29) is 0 Å². The molecular weight excluding hydrogens is 142 g/mol. The van der Waals surface area contributed by atoms with Gasteiger partial charge in [0.25, 0.3) is 0 Å². The van der Waals surface area contributed by atoms with Crippen molar-refractivity contribution in [2.45, 2.75) is 32.2 Å². The summed E-state index contributed by atoms with van der Waals surface area (Å²) >= 11 is 0. The molecule has 0 radical (unpaired) electrons. The lowest BCUT2D eigenvalue weighted by atomic mass is 10.2. The molecule has 1 rings (SSSR count). The van der Waals surface area contributed by atoms with E-state index in [9.17, 15) is 0 Å². The lowest BCUT2D eigenvalue weighted by Gasteiger charge is -2.08. The van der Waals surface area contributed by atoms with Gasteiger partial charge in [-0.15, -0.1) is 0 Å². The van der Waals surface area contributed by atoms with Gasteiger partial charge in [-0.3, -0.25) is 0 Å². The van der Waals surface area contributed by atoms with E-state index in [4.69, 9.17) is 9.78 Å². The molecule has 0 saturated carbocycles. The Bertz CT molecular complexity index is 92.1. The van der Waals surface area contributed by atoms with Crippen molar-refractivity contribution in [1.82, 2.24) is 5.32 Å². The number of rotatable bonds is 5. The fourth-order valence-corrected chi connectivity index (χ4v) is 1.17. The van der Waals surface area contributed by atoms with Gasteiger partial charge in [-0.05, 0) is 25.8 Å². The third-order valence-electron chi connectivity index (χ3n) is 1.80. The molecular formula is C8H17NO2. The van der Waals surface area contributed by atoms with Crippen molar-refractivity contribution in [2.75, 3.05) is 19.8 Å². The molecule has 1 fully saturated rings. The predicted octanol–water partition coefficient (Wildman–Crippen LogP) is 1.10. The molecule has 0 amide bonds. The highest BCUT2D eigenvalue weighted by Crippen LogP contribution is 2.04. The second kappa shape index (κ2) is 5.52. The molecule has 11 heavy (non-hydrogen) atoms. The molecule has 0 aliphatic carbocycles. The molecule has 1 N–H and O–H groups in total. The Kier molecular flexibility index (Phi) is 4.50. The molecule has 0 aromatic rings. The monoisotopic (exact) mass is 159 g/mol. The van der Waals surface area contributed by atoms with Gasteiger partial charge < -0.3 is 5.32 Å². The third-order valence-corrected chi connectivity index (χ3v) is 1.80. The molecule has 3 nitrogen and oxygen atoms in total. The molecule has 1 saturated heterocycles. The van der Waals surface area contributed by atoms with Crippen LogP contribution in [0.4, 0.5) is 0 Å². The highest BCUT2D eigenvalue weighted by Gasteiger charge is 2.13. The minimum Gasteiger partial charge on any atom is -0.312 e. The van der Waals surface area contributed by atoms with Gasteiger partial charge in [0.2, 0.25) is 0 Å². The van der Waals surface area contributed by atoms with Crippen molar-refractivity contribution >= 4 is 0 Å². The van der Waals surface area contributed by atoms with Crippen LogP contribution >= 0.6 is 0 Å². The number of nitrogens with one attached hydrogen (secondary N) is 1. The van der Waals surface area contributed by atoms with Crippen LogP contribution in [-0.4, -0.2) is 25.8 Å². The van der Waals surface area contributed by atoms with Crippen LogP contribution < -0.4 is 5.32 Å². The van der Waals surface area contributed by atoms with Crippen molar-refractivity contribution in [3.05, 3.63) is 0 Å². The van der Waals surface area contributed by atoms with Crippen LogP contribution in [0.3, 0.4) is 0 Å². The van der Waals surface area contributed by atoms with Crippen LogP contribution in [0.2, 0.25) is 0 Å². The normalized spacial score (nSPS) is 24.3. The van der Waals surface area contributed by atoms with Crippen LogP contribution in [0.5, 0.6) is 0 Å². The van der Waals surface area contributed by atoms with E-state index in [0.717, 1.165) is 13.0 Å². The quantitative estimate of drug-likeness (QED) is 0.370. The van der Waals surface area contributed by atoms with Gasteiger partial charge in [-0.2, -0.15) is 0 Å². The Morgan fingerprint density at radius 1 is 1.45 bits per heavy atom. The van der Waals surface area contributed by atoms with Crippen LogP contribution in [-0.2, 0) is 9.78 Å². The summed E-state index contributed by atoms with van der Waals surface area (Å²) in [6.07, 6.45) is 3.50. The van der Waals surface area contributed by atoms with Gasteiger partial charge in [0, 0.05) is 6.04 Å². The average molecular weight is 159 g/mol. The zero-order chi connectivity index (χ0) is 7.94. The van der Waals surface area contributed by atoms with Gasteiger partial charge in [0.05, 0.1) is 13.2 Å². The number of hydrogen-bond acceptors (Lipinski definition) is 3. The van der Waals surface area contributed by atoms with E-state index < -0.39 is 0 Å². The molecule has 1 unspecified atom stereocenters. The summed E-state index contributed by atoms with van der Waals surface area (Å²) in [4.78, 5) is 9.90.